The van der Waals surface area contributed by atoms with Crippen LogP contribution in [-0.2, 0) is 11.3 Å². The Labute approximate surface area is 149 Å². The molecule has 0 aliphatic carbocycles. The minimum atomic E-state index is 0. The normalized spacial score (nSPS) is 11.4. The first-order valence-corrected chi connectivity index (χ1v) is 7.87. The van der Waals surface area contributed by atoms with Crippen molar-refractivity contribution >= 4 is 41.3 Å². The molecular formula is C14H27IN4OS. The lowest BCUT2D eigenvalue weighted by molar-refractivity contribution is 0.108. The van der Waals surface area contributed by atoms with Crippen LogP contribution in [0.5, 0.6) is 0 Å². The van der Waals surface area contributed by atoms with E-state index in [4.69, 9.17) is 4.74 Å². The Balaban J connectivity index is 0.00000400. The topological polar surface area (TPSA) is 58.5 Å². The SMILES string of the molecule is CN=C(NCCCOCC(C)C)NCc1cnc(C)s1.I. The second-order valence-corrected chi connectivity index (χ2v) is 6.34. The molecular weight excluding hydrogens is 399 g/mol. The molecule has 1 heterocycles. The van der Waals surface area contributed by atoms with E-state index in [9.17, 15) is 0 Å². The van der Waals surface area contributed by atoms with Gasteiger partial charge in [-0.1, -0.05) is 13.8 Å². The maximum atomic E-state index is 5.54. The summed E-state index contributed by atoms with van der Waals surface area (Å²) >= 11 is 1.70. The fourth-order valence-electron chi connectivity index (χ4n) is 1.58. The second kappa shape index (κ2) is 12.2. The Morgan fingerprint density at radius 1 is 1.43 bits per heavy atom. The predicted octanol–water partition coefficient (Wildman–Crippen LogP) is 2.80. The molecule has 0 atom stereocenters. The van der Waals surface area contributed by atoms with Crippen LogP contribution in [-0.4, -0.2) is 37.7 Å². The average molecular weight is 426 g/mol. The quantitative estimate of drug-likeness (QED) is 0.291. The number of nitrogens with one attached hydrogen (secondary N) is 2. The zero-order valence-corrected chi connectivity index (χ0v) is 16.5. The first-order chi connectivity index (χ1) is 9.61. The predicted molar refractivity (Wildman–Crippen MR) is 101 cm³/mol. The largest absolute Gasteiger partial charge is 0.381 e. The Kier molecular flexibility index (Phi) is 11.9. The lowest BCUT2D eigenvalue weighted by Crippen LogP contribution is -2.37. The molecule has 0 saturated heterocycles. The highest BCUT2D eigenvalue weighted by molar-refractivity contribution is 14.0. The minimum absolute atomic E-state index is 0. The van der Waals surface area contributed by atoms with Crippen molar-refractivity contribution in [2.45, 2.75) is 33.7 Å². The van der Waals surface area contributed by atoms with Gasteiger partial charge in [-0.05, 0) is 19.3 Å². The summed E-state index contributed by atoms with van der Waals surface area (Å²) in [6.07, 6.45) is 2.88. The van der Waals surface area contributed by atoms with Crippen LogP contribution in [0, 0.1) is 12.8 Å². The maximum Gasteiger partial charge on any atom is 0.191 e. The van der Waals surface area contributed by atoms with E-state index in [1.54, 1.807) is 18.4 Å². The van der Waals surface area contributed by atoms with Gasteiger partial charge in [0.05, 0.1) is 11.6 Å². The summed E-state index contributed by atoms with van der Waals surface area (Å²) < 4.78 is 5.54. The van der Waals surface area contributed by atoms with Crippen molar-refractivity contribution in [1.82, 2.24) is 15.6 Å². The molecule has 0 aromatic carbocycles. The van der Waals surface area contributed by atoms with Crippen LogP contribution in [0.25, 0.3) is 0 Å². The van der Waals surface area contributed by atoms with Crippen LogP contribution in [0.1, 0.15) is 30.2 Å². The van der Waals surface area contributed by atoms with Gasteiger partial charge < -0.3 is 15.4 Å². The summed E-state index contributed by atoms with van der Waals surface area (Å²) in [7, 11) is 1.78. The summed E-state index contributed by atoms with van der Waals surface area (Å²) in [6, 6.07) is 0. The highest BCUT2D eigenvalue weighted by Crippen LogP contribution is 2.10. The van der Waals surface area contributed by atoms with Gasteiger partial charge in [-0.15, -0.1) is 35.3 Å². The average Bonchev–Trinajstić information content (AvgIpc) is 2.82. The number of ether oxygens (including phenoxy) is 1. The van der Waals surface area contributed by atoms with Gasteiger partial charge in [-0.2, -0.15) is 0 Å². The molecule has 0 amide bonds. The lowest BCUT2D eigenvalue weighted by atomic mass is 10.2. The fourth-order valence-corrected chi connectivity index (χ4v) is 2.31. The number of aryl methyl sites for hydroxylation is 1. The summed E-state index contributed by atoms with van der Waals surface area (Å²) in [5.74, 6) is 1.42. The Morgan fingerprint density at radius 2 is 2.19 bits per heavy atom. The summed E-state index contributed by atoms with van der Waals surface area (Å²) in [4.78, 5) is 9.64. The van der Waals surface area contributed by atoms with Gasteiger partial charge in [0.2, 0.25) is 0 Å². The number of thiazole rings is 1. The third-order valence-corrected chi connectivity index (χ3v) is 3.44. The minimum Gasteiger partial charge on any atom is -0.381 e. The van der Waals surface area contributed by atoms with Crippen molar-refractivity contribution in [2.24, 2.45) is 10.9 Å². The third-order valence-electron chi connectivity index (χ3n) is 2.53. The fraction of sp³-hybridized carbons (Fsp3) is 0.714. The molecule has 0 bridgehead atoms. The van der Waals surface area contributed by atoms with Crippen molar-refractivity contribution < 1.29 is 4.74 Å². The Hall–Kier alpha value is -0.410. The first-order valence-electron chi connectivity index (χ1n) is 7.05. The molecule has 1 rings (SSSR count). The van der Waals surface area contributed by atoms with Crippen molar-refractivity contribution in [1.29, 1.82) is 0 Å². The van der Waals surface area contributed by atoms with Crippen LogP contribution in [0.3, 0.4) is 0 Å². The molecule has 1 aromatic heterocycles. The number of halogens is 1. The van der Waals surface area contributed by atoms with Gasteiger partial charge in [0, 0.05) is 37.9 Å². The Bertz CT molecular complexity index is 409. The Morgan fingerprint density at radius 3 is 2.76 bits per heavy atom. The van der Waals surface area contributed by atoms with Crippen LogP contribution >= 0.6 is 35.3 Å². The number of nitrogens with zero attached hydrogens (tertiary/aromatic N) is 2. The van der Waals surface area contributed by atoms with Gasteiger partial charge in [-0.3, -0.25) is 4.99 Å². The van der Waals surface area contributed by atoms with Gasteiger partial charge in [-0.25, -0.2) is 4.98 Å². The smallest absolute Gasteiger partial charge is 0.191 e. The van der Waals surface area contributed by atoms with E-state index in [0.29, 0.717) is 5.92 Å². The van der Waals surface area contributed by atoms with Crippen molar-refractivity contribution in [3.05, 3.63) is 16.1 Å². The third kappa shape index (κ3) is 10.0. The summed E-state index contributed by atoms with van der Waals surface area (Å²) in [5, 5.41) is 7.64. The molecule has 0 radical (unpaired) electrons. The number of hydrogen-bond acceptors (Lipinski definition) is 4. The molecule has 1 aromatic rings. The highest BCUT2D eigenvalue weighted by Gasteiger charge is 2.01. The molecule has 5 nitrogen and oxygen atoms in total. The highest BCUT2D eigenvalue weighted by atomic mass is 127. The number of rotatable bonds is 8. The molecule has 0 spiro atoms. The molecule has 0 saturated carbocycles. The van der Waals surface area contributed by atoms with Crippen LogP contribution in [0.15, 0.2) is 11.2 Å². The second-order valence-electron chi connectivity index (χ2n) is 5.02. The van der Waals surface area contributed by atoms with Crippen molar-refractivity contribution in [2.75, 3.05) is 26.8 Å². The molecule has 122 valence electrons. The molecule has 0 aliphatic rings. The van der Waals surface area contributed by atoms with Gasteiger partial charge in [0.1, 0.15) is 0 Å². The number of guanidine groups is 1. The standard InChI is InChI=1S/C14H26N4OS.HI/c1-11(2)10-19-7-5-6-16-14(15-4)18-9-13-8-17-12(3)20-13;/h8,11H,5-7,9-10H2,1-4H3,(H2,15,16,18);1H. The zero-order chi connectivity index (χ0) is 14.8. The van der Waals surface area contributed by atoms with E-state index in [1.165, 1.54) is 4.88 Å². The molecule has 7 heteroatoms. The molecule has 21 heavy (non-hydrogen) atoms. The van der Waals surface area contributed by atoms with Crippen molar-refractivity contribution in [3.8, 4) is 0 Å². The van der Waals surface area contributed by atoms with Gasteiger partial charge >= 0.3 is 0 Å². The van der Waals surface area contributed by atoms with E-state index in [0.717, 1.165) is 43.7 Å². The maximum absolute atomic E-state index is 5.54. The van der Waals surface area contributed by atoms with Gasteiger partial charge in [0.25, 0.3) is 0 Å². The molecule has 0 fully saturated rings. The van der Waals surface area contributed by atoms with E-state index in [1.807, 2.05) is 13.1 Å². The van der Waals surface area contributed by atoms with Crippen molar-refractivity contribution in [3.63, 3.8) is 0 Å². The lowest BCUT2D eigenvalue weighted by Gasteiger charge is -2.11. The number of hydrogen-bond donors (Lipinski definition) is 2. The molecule has 0 unspecified atom stereocenters. The van der Waals surface area contributed by atoms with E-state index in [-0.39, 0.29) is 24.0 Å². The van der Waals surface area contributed by atoms with Crippen LogP contribution in [0.4, 0.5) is 0 Å². The number of aliphatic imine (C=N–C) groups is 1. The number of aromatic nitrogens is 1. The molecule has 2 N–H and O–H groups in total. The summed E-state index contributed by atoms with van der Waals surface area (Å²) in [6.45, 7) is 9.57. The van der Waals surface area contributed by atoms with E-state index < -0.39 is 0 Å². The molecule has 0 aliphatic heterocycles. The first kappa shape index (κ1) is 20.6. The van der Waals surface area contributed by atoms with E-state index in [2.05, 4.69) is 34.5 Å². The zero-order valence-electron chi connectivity index (χ0n) is 13.3. The van der Waals surface area contributed by atoms with Crippen LogP contribution < -0.4 is 10.6 Å². The monoisotopic (exact) mass is 426 g/mol. The summed E-state index contributed by atoms with van der Waals surface area (Å²) in [5.41, 5.74) is 0. The van der Waals surface area contributed by atoms with Crippen LogP contribution in [0.2, 0.25) is 0 Å². The van der Waals surface area contributed by atoms with E-state index >= 15 is 0 Å². The van der Waals surface area contributed by atoms with Gasteiger partial charge in [0.15, 0.2) is 5.96 Å².